The molecule has 0 spiro atoms. The second-order valence-electron chi connectivity index (χ2n) is 7.15. The fourth-order valence-electron chi connectivity index (χ4n) is 3.08. The Hall–Kier alpha value is -1.90. The first kappa shape index (κ1) is 23.4. The number of allylic oxidation sites excluding steroid dienone is 1. The Kier molecular flexibility index (Phi) is 9.63. The van der Waals surface area contributed by atoms with E-state index in [1.54, 1.807) is 12.1 Å². The fourth-order valence-corrected chi connectivity index (χ4v) is 4.15. The average molecular weight is 423 g/mol. The van der Waals surface area contributed by atoms with Gasteiger partial charge in [-0.3, -0.25) is 0 Å². The summed E-state index contributed by atoms with van der Waals surface area (Å²) in [6.07, 6.45) is 5.78. The van der Waals surface area contributed by atoms with Crippen LogP contribution in [-0.4, -0.2) is 58.7 Å². The van der Waals surface area contributed by atoms with Gasteiger partial charge in [0.15, 0.2) is 5.96 Å². The van der Waals surface area contributed by atoms with Gasteiger partial charge in [-0.2, -0.15) is 0 Å². The maximum absolute atomic E-state index is 12.4. The van der Waals surface area contributed by atoms with Crippen molar-refractivity contribution in [2.24, 2.45) is 4.99 Å². The molecule has 0 aromatic heterocycles. The summed E-state index contributed by atoms with van der Waals surface area (Å²) in [6.45, 7) is 8.99. The Bertz CT molecular complexity index is 757. The highest BCUT2D eigenvalue weighted by molar-refractivity contribution is 7.89. The molecular formula is C21H34N4O3S. The molecule has 2 rings (SSSR count). The smallest absolute Gasteiger partial charge is 0.240 e. The first-order valence-electron chi connectivity index (χ1n) is 10.3. The summed E-state index contributed by atoms with van der Waals surface area (Å²) in [4.78, 5) is 7.03. The Morgan fingerprint density at radius 1 is 1.38 bits per heavy atom. The third kappa shape index (κ3) is 7.79. The maximum Gasteiger partial charge on any atom is 0.240 e. The number of unbranched alkanes of at least 4 members (excludes halogenated alkanes) is 1. The number of hydrogen-bond donors (Lipinski definition) is 2. The minimum atomic E-state index is -3.53. The molecule has 29 heavy (non-hydrogen) atoms. The maximum atomic E-state index is 12.4. The fraction of sp³-hybridized carbons (Fsp3) is 0.571. The molecule has 0 aliphatic carbocycles. The lowest BCUT2D eigenvalue weighted by atomic mass is 10.2. The minimum Gasteiger partial charge on any atom is -0.377 e. The predicted octanol–water partition coefficient (Wildman–Crippen LogP) is 2.51. The molecule has 1 aromatic carbocycles. The largest absolute Gasteiger partial charge is 0.377 e. The number of guanidine groups is 1. The molecule has 1 aromatic rings. The molecule has 1 atom stereocenters. The van der Waals surface area contributed by atoms with Gasteiger partial charge in [-0.05, 0) is 50.3 Å². The second kappa shape index (κ2) is 11.9. The van der Waals surface area contributed by atoms with Crippen LogP contribution in [0, 0.1) is 0 Å². The lowest BCUT2D eigenvalue weighted by Gasteiger charge is -2.21. The van der Waals surface area contributed by atoms with Crippen LogP contribution in [-0.2, 0) is 21.3 Å². The molecule has 162 valence electrons. The van der Waals surface area contributed by atoms with E-state index in [9.17, 15) is 8.42 Å². The van der Waals surface area contributed by atoms with Gasteiger partial charge in [0.05, 0.1) is 17.5 Å². The zero-order valence-corrected chi connectivity index (χ0v) is 18.4. The third-order valence-electron chi connectivity index (χ3n) is 4.77. The van der Waals surface area contributed by atoms with Gasteiger partial charge in [0.25, 0.3) is 0 Å². The van der Waals surface area contributed by atoms with E-state index in [4.69, 9.17) is 4.74 Å². The van der Waals surface area contributed by atoms with Gasteiger partial charge in [0.2, 0.25) is 10.0 Å². The van der Waals surface area contributed by atoms with Gasteiger partial charge >= 0.3 is 0 Å². The molecule has 1 saturated heterocycles. The van der Waals surface area contributed by atoms with Crippen molar-refractivity contribution in [1.82, 2.24) is 14.9 Å². The SMILES string of the molecule is C=CCCCN(C)C(=NCc1ccc(S(=O)(=O)NCC2CCCO2)cc1)NCC. The van der Waals surface area contributed by atoms with Crippen LogP contribution in [0.4, 0.5) is 0 Å². The van der Waals surface area contributed by atoms with Gasteiger partial charge in [-0.25, -0.2) is 18.1 Å². The molecule has 8 heteroatoms. The average Bonchev–Trinajstić information content (AvgIpc) is 3.24. The second-order valence-corrected chi connectivity index (χ2v) is 8.92. The highest BCUT2D eigenvalue weighted by Crippen LogP contribution is 2.14. The molecule has 7 nitrogen and oxygen atoms in total. The van der Waals surface area contributed by atoms with Crippen molar-refractivity contribution in [2.45, 2.75) is 50.2 Å². The van der Waals surface area contributed by atoms with Crippen LogP contribution in [0.3, 0.4) is 0 Å². The van der Waals surface area contributed by atoms with Gasteiger partial charge in [-0.15, -0.1) is 6.58 Å². The summed E-state index contributed by atoms with van der Waals surface area (Å²) >= 11 is 0. The molecule has 1 aliphatic heterocycles. The molecule has 0 amide bonds. The molecule has 1 unspecified atom stereocenters. The molecule has 0 radical (unpaired) electrons. The van der Waals surface area contributed by atoms with E-state index in [1.807, 2.05) is 32.2 Å². The summed E-state index contributed by atoms with van der Waals surface area (Å²) in [5.41, 5.74) is 0.956. The van der Waals surface area contributed by atoms with Gasteiger partial charge in [0, 0.05) is 33.3 Å². The lowest BCUT2D eigenvalue weighted by molar-refractivity contribution is 0.114. The van der Waals surface area contributed by atoms with Crippen LogP contribution in [0.25, 0.3) is 0 Å². The summed E-state index contributed by atoms with van der Waals surface area (Å²) in [5, 5.41) is 3.29. The third-order valence-corrected chi connectivity index (χ3v) is 6.21. The number of nitrogens with one attached hydrogen (secondary N) is 2. The molecular weight excluding hydrogens is 388 g/mol. The predicted molar refractivity (Wildman–Crippen MR) is 117 cm³/mol. The van der Waals surface area contributed by atoms with Crippen LogP contribution < -0.4 is 10.0 Å². The summed E-state index contributed by atoms with van der Waals surface area (Å²) in [7, 11) is -1.51. The highest BCUT2D eigenvalue weighted by Gasteiger charge is 2.20. The first-order chi connectivity index (χ1) is 14.0. The zero-order valence-electron chi connectivity index (χ0n) is 17.6. The van der Waals surface area contributed by atoms with Crippen LogP contribution in [0.5, 0.6) is 0 Å². The van der Waals surface area contributed by atoms with Crippen molar-refractivity contribution < 1.29 is 13.2 Å². The number of sulfonamides is 1. The number of nitrogens with zero attached hydrogens (tertiary/aromatic N) is 2. The molecule has 0 saturated carbocycles. The van der Waals surface area contributed by atoms with Gasteiger partial charge in [0.1, 0.15) is 0 Å². The van der Waals surface area contributed by atoms with Crippen molar-refractivity contribution in [2.75, 3.05) is 33.3 Å². The minimum absolute atomic E-state index is 0.0219. The van der Waals surface area contributed by atoms with Crippen molar-refractivity contribution in [1.29, 1.82) is 0 Å². The van der Waals surface area contributed by atoms with Gasteiger partial charge in [-0.1, -0.05) is 18.2 Å². The highest BCUT2D eigenvalue weighted by atomic mass is 32.2. The van der Waals surface area contributed by atoms with E-state index < -0.39 is 10.0 Å². The van der Waals surface area contributed by atoms with Crippen LogP contribution in [0.2, 0.25) is 0 Å². The summed E-state index contributed by atoms with van der Waals surface area (Å²) < 4.78 is 33.0. The number of aliphatic imine (C=N–C) groups is 1. The van der Waals surface area contributed by atoms with E-state index in [0.717, 1.165) is 50.3 Å². The number of hydrogen-bond acceptors (Lipinski definition) is 4. The van der Waals surface area contributed by atoms with E-state index in [0.29, 0.717) is 19.7 Å². The van der Waals surface area contributed by atoms with E-state index in [-0.39, 0.29) is 11.0 Å². The molecule has 1 aliphatic rings. The Morgan fingerprint density at radius 3 is 2.76 bits per heavy atom. The molecule has 1 heterocycles. The molecule has 1 fully saturated rings. The van der Waals surface area contributed by atoms with Crippen molar-refractivity contribution in [3.63, 3.8) is 0 Å². The standard InChI is InChI=1S/C21H34N4O3S/c1-4-6-7-14-25(3)21(22-5-2)23-16-18-10-12-20(13-11-18)29(26,27)24-17-19-9-8-15-28-19/h4,10-13,19,24H,1,5-9,14-17H2,2-3H3,(H,22,23). The first-order valence-corrected chi connectivity index (χ1v) is 11.7. The van der Waals surface area contributed by atoms with Crippen LogP contribution >= 0.6 is 0 Å². The van der Waals surface area contributed by atoms with Crippen molar-refractivity contribution in [3.8, 4) is 0 Å². The van der Waals surface area contributed by atoms with E-state index in [2.05, 4.69) is 26.5 Å². The van der Waals surface area contributed by atoms with Crippen molar-refractivity contribution >= 4 is 16.0 Å². The Morgan fingerprint density at radius 2 is 2.14 bits per heavy atom. The molecule has 0 bridgehead atoms. The van der Waals surface area contributed by atoms with Gasteiger partial charge < -0.3 is 15.0 Å². The zero-order chi connectivity index (χ0) is 21.1. The van der Waals surface area contributed by atoms with Crippen molar-refractivity contribution in [3.05, 3.63) is 42.5 Å². The topological polar surface area (TPSA) is 83.0 Å². The van der Waals surface area contributed by atoms with Crippen LogP contribution in [0.15, 0.2) is 46.8 Å². The number of ether oxygens (including phenoxy) is 1. The number of benzene rings is 1. The normalized spacial score (nSPS) is 17.3. The Labute approximate surface area is 175 Å². The monoisotopic (exact) mass is 422 g/mol. The summed E-state index contributed by atoms with van der Waals surface area (Å²) in [6, 6.07) is 6.88. The number of rotatable bonds is 11. The quantitative estimate of drug-likeness (QED) is 0.248. The lowest BCUT2D eigenvalue weighted by Crippen LogP contribution is -2.39. The van der Waals surface area contributed by atoms with E-state index in [1.165, 1.54) is 0 Å². The molecule has 2 N–H and O–H groups in total. The Balaban J connectivity index is 1.94. The summed E-state index contributed by atoms with van der Waals surface area (Å²) in [5.74, 6) is 0.839. The van der Waals surface area contributed by atoms with E-state index >= 15 is 0 Å². The van der Waals surface area contributed by atoms with Crippen LogP contribution in [0.1, 0.15) is 38.2 Å².